The van der Waals surface area contributed by atoms with Crippen LogP contribution in [0.2, 0.25) is 0 Å². The Bertz CT molecular complexity index is 1240. The van der Waals surface area contributed by atoms with Crippen molar-refractivity contribution in [1.29, 1.82) is 5.26 Å². The largest absolute Gasteiger partial charge is 0.462 e. The lowest BCUT2D eigenvalue weighted by Gasteiger charge is -2.26. The van der Waals surface area contributed by atoms with Crippen molar-refractivity contribution in [2.45, 2.75) is 72.1 Å². The van der Waals surface area contributed by atoms with E-state index < -0.39 is 53.4 Å². The number of hydrogen-bond acceptors (Lipinski definition) is 11. The van der Waals surface area contributed by atoms with Crippen LogP contribution in [0.25, 0.3) is 5.52 Å². The molecular formula is C25H34N6O7. The van der Waals surface area contributed by atoms with Crippen molar-refractivity contribution in [3.8, 4) is 6.07 Å². The third-order valence-electron chi connectivity index (χ3n) is 6.04. The summed E-state index contributed by atoms with van der Waals surface area (Å²) in [5.41, 5.74) is 4.22. The predicted octanol–water partition coefficient (Wildman–Crippen LogP) is 2.64. The van der Waals surface area contributed by atoms with Crippen LogP contribution in [0.4, 0.5) is 10.6 Å². The summed E-state index contributed by atoms with van der Waals surface area (Å²) in [6, 6.07) is 4.71. The number of rotatable bonds is 7. The second-order valence-corrected chi connectivity index (χ2v) is 11.2. The first kappa shape index (κ1) is 28.8. The van der Waals surface area contributed by atoms with Gasteiger partial charge in [0, 0.05) is 0 Å². The molecule has 3 N–H and O–H groups in total. The fourth-order valence-corrected chi connectivity index (χ4v) is 3.65. The molecule has 38 heavy (non-hydrogen) atoms. The summed E-state index contributed by atoms with van der Waals surface area (Å²) in [5, 5.41) is 16.8. The highest BCUT2D eigenvalue weighted by Crippen LogP contribution is 2.40. The van der Waals surface area contributed by atoms with Gasteiger partial charge in [-0.25, -0.2) is 14.3 Å². The predicted molar refractivity (Wildman–Crippen MR) is 133 cm³/mol. The van der Waals surface area contributed by atoms with Crippen LogP contribution in [0.5, 0.6) is 0 Å². The Morgan fingerprint density at radius 1 is 1.24 bits per heavy atom. The number of carbonyl (C=O) groups is 3. The molecule has 0 radical (unpaired) electrons. The van der Waals surface area contributed by atoms with Crippen LogP contribution in [0.1, 0.15) is 60.1 Å². The third-order valence-corrected chi connectivity index (χ3v) is 6.04. The number of nitrogens with zero attached hydrogens (tertiary/aromatic N) is 4. The van der Waals surface area contributed by atoms with Gasteiger partial charge in [0.05, 0.1) is 17.2 Å². The van der Waals surface area contributed by atoms with E-state index in [1.54, 1.807) is 32.9 Å². The molecule has 0 aromatic carbocycles. The van der Waals surface area contributed by atoms with E-state index in [2.05, 4.69) is 21.5 Å². The van der Waals surface area contributed by atoms with E-state index in [-0.39, 0.29) is 12.4 Å². The molecule has 206 valence electrons. The van der Waals surface area contributed by atoms with Crippen LogP contribution >= 0.6 is 0 Å². The van der Waals surface area contributed by atoms with Crippen LogP contribution in [0.15, 0.2) is 18.5 Å². The molecule has 0 spiro atoms. The number of nitriles is 1. The molecule has 1 aliphatic heterocycles. The molecule has 2 aromatic rings. The summed E-state index contributed by atoms with van der Waals surface area (Å²) >= 11 is 0. The third kappa shape index (κ3) is 6.38. The van der Waals surface area contributed by atoms with Crippen molar-refractivity contribution in [3.63, 3.8) is 0 Å². The van der Waals surface area contributed by atoms with E-state index in [0.29, 0.717) is 24.1 Å². The summed E-state index contributed by atoms with van der Waals surface area (Å²) in [5.74, 6) is -0.937. The molecule has 3 rings (SSSR count). The fourth-order valence-electron chi connectivity index (χ4n) is 3.65. The standard InChI is InChI=1S/C25H34N6O7/c1-23(2,3)18(27)20(32)35-11-15-9-10-25(12-26,38-15)17-8-7-16-19(28-13-29-31(16)17)30-22(34)37-14-36-21(33)24(4,5)6/h7-8,13,15,18H,9-11,14,27H2,1-6H3,(H,28,29,30,34)/t15-,18?,25-/m0/s1. The minimum atomic E-state index is -1.36. The van der Waals surface area contributed by atoms with Crippen molar-refractivity contribution >= 4 is 29.4 Å². The fraction of sp³-hybridized carbons (Fsp3) is 0.600. The molecule has 3 heterocycles. The summed E-state index contributed by atoms with van der Waals surface area (Å²) < 4.78 is 22.7. The molecule has 0 aliphatic carbocycles. The topological polar surface area (TPSA) is 180 Å². The Morgan fingerprint density at radius 2 is 1.95 bits per heavy atom. The molecule has 13 nitrogen and oxygen atoms in total. The maximum absolute atomic E-state index is 12.3. The smallest absolute Gasteiger partial charge is 0.415 e. The maximum atomic E-state index is 12.3. The van der Waals surface area contributed by atoms with Gasteiger partial charge in [-0.1, -0.05) is 20.8 Å². The molecule has 1 saturated heterocycles. The summed E-state index contributed by atoms with van der Waals surface area (Å²) in [6.07, 6.45) is 0.601. The number of fused-ring (bicyclic) bond motifs is 1. The highest BCUT2D eigenvalue weighted by atomic mass is 16.7. The number of nitrogens with one attached hydrogen (secondary N) is 1. The van der Waals surface area contributed by atoms with Crippen molar-refractivity contribution in [1.82, 2.24) is 14.6 Å². The molecule has 3 atom stereocenters. The first-order valence-corrected chi connectivity index (χ1v) is 12.1. The van der Waals surface area contributed by atoms with Crippen LogP contribution in [0.3, 0.4) is 0 Å². The van der Waals surface area contributed by atoms with E-state index in [4.69, 9.17) is 24.7 Å². The second-order valence-electron chi connectivity index (χ2n) is 11.2. The van der Waals surface area contributed by atoms with E-state index in [9.17, 15) is 19.6 Å². The molecule has 0 saturated carbocycles. The van der Waals surface area contributed by atoms with Crippen LogP contribution in [-0.2, 0) is 34.1 Å². The number of hydrogen-bond donors (Lipinski definition) is 2. The van der Waals surface area contributed by atoms with Crippen molar-refractivity contribution in [3.05, 3.63) is 24.2 Å². The van der Waals surface area contributed by atoms with Gasteiger partial charge < -0.3 is 24.7 Å². The lowest BCUT2D eigenvalue weighted by atomic mass is 9.87. The Labute approximate surface area is 220 Å². The highest BCUT2D eigenvalue weighted by Gasteiger charge is 2.45. The zero-order valence-electron chi connectivity index (χ0n) is 22.4. The Kier molecular flexibility index (Phi) is 8.28. The number of esters is 2. The van der Waals surface area contributed by atoms with E-state index >= 15 is 0 Å². The van der Waals surface area contributed by atoms with E-state index in [1.165, 1.54) is 10.8 Å². The average Bonchev–Trinajstić information content (AvgIpc) is 3.46. The van der Waals surface area contributed by atoms with E-state index in [0.717, 1.165) is 0 Å². The minimum absolute atomic E-state index is 0.0389. The first-order valence-electron chi connectivity index (χ1n) is 12.1. The van der Waals surface area contributed by atoms with Gasteiger partial charge in [-0.2, -0.15) is 10.4 Å². The first-order chi connectivity index (χ1) is 17.7. The van der Waals surface area contributed by atoms with Gasteiger partial charge in [0.15, 0.2) is 11.4 Å². The molecule has 1 unspecified atom stereocenters. The molecule has 0 bridgehead atoms. The molecular weight excluding hydrogens is 496 g/mol. The number of aromatic nitrogens is 3. The number of ether oxygens (including phenoxy) is 4. The van der Waals surface area contributed by atoms with Crippen LogP contribution in [0, 0.1) is 22.2 Å². The van der Waals surface area contributed by atoms with Gasteiger partial charge in [-0.15, -0.1) is 0 Å². The van der Waals surface area contributed by atoms with Gasteiger partial charge >= 0.3 is 18.0 Å². The highest BCUT2D eigenvalue weighted by molar-refractivity contribution is 5.88. The number of anilines is 1. The van der Waals surface area contributed by atoms with Crippen LogP contribution in [-0.4, -0.2) is 58.2 Å². The van der Waals surface area contributed by atoms with Gasteiger partial charge in [0.25, 0.3) is 0 Å². The molecule has 1 aliphatic rings. The van der Waals surface area contributed by atoms with E-state index in [1.807, 2.05) is 20.8 Å². The molecule has 2 aromatic heterocycles. The minimum Gasteiger partial charge on any atom is -0.462 e. The zero-order chi connectivity index (χ0) is 28.3. The van der Waals surface area contributed by atoms with Gasteiger partial charge in [-0.05, 0) is 51.2 Å². The second kappa shape index (κ2) is 10.9. The van der Waals surface area contributed by atoms with Gasteiger partial charge in [0.1, 0.15) is 30.6 Å². The lowest BCUT2D eigenvalue weighted by molar-refractivity contribution is -0.161. The van der Waals surface area contributed by atoms with Crippen molar-refractivity contribution < 1.29 is 33.3 Å². The van der Waals surface area contributed by atoms with Gasteiger partial charge in [0.2, 0.25) is 6.79 Å². The molecule has 13 heteroatoms. The summed E-state index contributed by atoms with van der Waals surface area (Å²) in [6.45, 7) is 9.96. The normalized spacial score (nSPS) is 20.4. The maximum Gasteiger partial charge on any atom is 0.415 e. The monoisotopic (exact) mass is 530 g/mol. The Hall–Kier alpha value is -3.76. The van der Waals surface area contributed by atoms with Gasteiger partial charge in [-0.3, -0.25) is 14.9 Å². The zero-order valence-corrected chi connectivity index (χ0v) is 22.4. The Balaban J connectivity index is 1.68. The Morgan fingerprint density at radius 3 is 2.58 bits per heavy atom. The number of carbonyl (C=O) groups excluding carboxylic acids is 3. The molecule has 1 amide bonds. The van der Waals surface area contributed by atoms with Crippen molar-refractivity contribution in [2.24, 2.45) is 16.6 Å². The van der Waals surface area contributed by atoms with Crippen LogP contribution < -0.4 is 11.1 Å². The quantitative estimate of drug-likeness (QED) is 0.397. The summed E-state index contributed by atoms with van der Waals surface area (Å²) in [4.78, 5) is 40.4. The lowest BCUT2D eigenvalue weighted by Crippen LogP contribution is -2.44. The summed E-state index contributed by atoms with van der Waals surface area (Å²) in [7, 11) is 0. The molecule has 1 fully saturated rings. The SMILES string of the molecule is CC(C)(C)C(=O)OCOC(=O)Nc1ncnn2c([C@@]3(C#N)CC[C@@H](COC(=O)C(N)C(C)(C)C)O3)ccc12. The number of amides is 1. The average molecular weight is 531 g/mol. The van der Waals surface area contributed by atoms with Crippen molar-refractivity contribution in [2.75, 3.05) is 18.7 Å². The number of nitrogens with two attached hydrogens (primary N) is 1.